The average molecular weight is 767 g/mol. The molecule has 5 aromatic rings. The first-order chi connectivity index (χ1) is 28.0. The van der Waals surface area contributed by atoms with Crippen molar-refractivity contribution in [2.75, 3.05) is 53.5 Å². The molecule has 0 saturated carbocycles. The van der Waals surface area contributed by atoms with Crippen LogP contribution in [0.2, 0.25) is 0 Å². The lowest BCUT2D eigenvalue weighted by atomic mass is 9.64. The molecule has 7 nitrogen and oxygen atoms in total. The number of ether oxygens (including phenoxy) is 2. The molecule has 0 bridgehead atoms. The summed E-state index contributed by atoms with van der Waals surface area (Å²) in [6.07, 6.45) is 9.41. The minimum Gasteiger partial charge on any atom is -0.496 e. The van der Waals surface area contributed by atoms with Gasteiger partial charge in [0.2, 0.25) is 5.91 Å². The number of nitrogens with two attached hydrogens (primary N) is 1. The number of benzene rings is 5. The number of unbranched alkanes of at least 4 members (excludes halogenated alkanes) is 4. The minimum atomic E-state index is -0.824. The summed E-state index contributed by atoms with van der Waals surface area (Å²) in [4.78, 5) is 21.4. The van der Waals surface area contributed by atoms with Crippen molar-refractivity contribution >= 4 is 16.7 Å². The van der Waals surface area contributed by atoms with Gasteiger partial charge in [-0.15, -0.1) is 0 Å². The van der Waals surface area contributed by atoms with Crippen LogP contribution < -0.4 is 15.2 Å². The molecular formula is C50H62N4O3. The van der Waals surface area contributed by atoms with Crippen molar-refractivity contribution in [3.8, 4) is 11.5 Å². The van der Waals surface area contributed by atoms with Gasteiger partial charge in [0.15, 0.2) is 0 Å². The lowest BCUT2D eigenvalue weighted by Crippen LogP contribution is -2.49. The molecule has 1 amide bonds. The third kappa shape index (κ3) is 9.55. The van der Waals surface area contributed by atoms with Crippen LogP contribution in [0.3, 0.4) is 0 Å². The molecule has 2 aliphatic rings. The van der Waals surface area contributed by atoms with Gasteiger partial charge in [-0.05, 0) is 116 Å². The number of likely N-dealkylation sites (tertiary alicyclic amines) is 2. The van der Waals surface area contributed by atoms with Crippen LogP contribution in [0.25, 0.3) is 10.8 Å². The predicted octanol–water partition coefficient (Wildman–Crippen LogP) is 9.07. The number of hydrogen-bond acceptors (Lipinski definition) is 6. The van der Waals surface area contributed by atoms with E-state index in [1.807, 2.05) is 54.6 Å². The molecule has 5 aromatic carbocycles. The summed E-state index contributed by atoms with van der Waals surface area (Å²) in [5.41, 5.74) is 10.1. The Hall–Kier alpha value is -4.69. The van der Waals surface area contributed by atoms with E-state index >= 15 is 0 Å². The van der Waals surface area contributed by atoms with Crippen LogP contribution >= 0.6 is 0 Å². The Morgan fingerprint density at radius 3 is 1.93 bits per heavy atom. The average Bonchev–Trinajstić information content (AvgIpc) is 3.73. The molecule has 0 aromatic heterocycles. The van der Waals surface area contributed by atoms with E-state index in [0.717, 1.165) is 99.8 Å². The van der Waals surface area contributed by atoms with Crippen LogP contribution in [-0.4, -0.2) is 80.1 Å². The topological polar surface area (TPSA) is 71.3 Å². The van der Waals surface area contributed by atoms with Crippen LogP contribution in [-0.2, 0) is 23.3 Å². The van der Waals surface area contributed by atoms with Crippen molar-refractivity contribution < 1.29 is 14.3 Å². The molecule has 2 aliphatic heterocycles. The molecule has 2 N–H and O–H groups in total. The molecule has 0 aliphatic carbocycles. The standard InChI is InChI=1S/C50H62N4O3/c1-56-47-23-16-24-48(57-2)46(47)38-53-33-28-45(29-34-53)54(36-39-25-26-40-17-12-13-18-41(40)35-39)31-15-5-3-4-14-30-52-32-27-44(37-52)50(49(51)55,42-19-8-6-9-20-42)43-21-10-7-11-22-43/h6-13,16-26,35,44-45H,3-5,14-15,27-34,36-38H2,1-2H3,(H2,51,55)/t44-/m1/s1. The van der Waals surface area contributed by atoms with E-state index in [1.54, 1.807) is 14.2 Å². The Kier molecular flexibility index (Phi) is 14.0. The number of carbonyl (C=O) groups is 1. The molecule has 57 heavy (non-hydrogen) atoms. The van der Waals surface area contributed by atoms with Crippen LogP contribution in [0.15, 0.2) is 121 Å². The number of hydrogen-bond donors (Lipinski definition) is 1. The number of carbonyl (C=O) groups excluding carboxylic acids is 1. The third-order valence-electron chi connectivity index (χ3n) is 12.8. The van der Waals surface area contributed by atoms with E-state index in [4.69, 9.17) is 15.2 Å². The van der Waals surface area contributed by atoms with E-state index in [9.17, 15) is 4.79 Å². The second-order valence-electron chi connectivity index (χ2n) is 16.3. The number of methoxy groups -OCH3 is 2. The fourth-order valence-electron chi connectivity index (χ4n) is 9.81. The minimum absolute atomic E-state index is 0.143. The van der Waals surface area contributed by atoms with Crippen molar-refractivity contribution in [1.29, 1.82) is 0 Å². The first-order valence-corrected chi connectivity index (χ1v) is 21.3. The van der Waals surface area contributed by atoms with E-state index in [2.05, 4.69) is 81.4 Å². The van der Waals surface area contributed by atoms with Crippen LogP contribution in [0, 0.1) is 5.92 Å². The largest absolute Gasteiger partial charge is 0.496 e. The smallest absolute Gasteiger partial charge is 0.232 e. The molecule has 300 valence electrons. The zero-order valence-corrected chi connectivity index (χ0v) is 34.2. The summed E-state index contributed by atoms with van der Waals surface area (Å²) in [5, 5.41) is 2.62. The maximum Gasteiger partial charge on any atom is 0.232 e. The number of primary amides is 1. The van der Waals surface area contributed by atoms with Crippen LogP contribution in [0.5, 0.6) is 11.5 Å². The maximum atomic E-state index is 13.5. The summed E-state index contributed by atoms with van der Waals surface area (Å²) in [6, 6.07) is 42.8. The fourth-order valence-corrected chi connectivity index (χ4v) is 9.81. The highest BCUT2D eigenvalue weighted by atomic mass is 16.5. The Morgan fingerprint density at radius 1 is 0.684 bits per heavy atom. The number of piperidine rings is 1. The second kappa shape index (κ2) is 19.6. The van der Waals surface area contributed by atoms with Gasteiger partial charge in [0.1, 0.15) is 16.9 Å². The zero-order valence-electron chi connectivity index (χ0n) is 34.2. The molecule has 7 rings (SSSR count). The normalized spacial score (nSPS) is 17.0. The Balaban J connectivity index is 0.914. The highest BCUT2D eigenvalue weighted by Gasteiger charge is 2.49. The van der Waals surface area contributed by atoms with E-state index in [1.165, 1.54) is 48.4 Å². The highest BCUT2D eigenvalue weighted by Crippen LogP contribution is 2.43. The van der Waals surface area contributed by atoms with Gasteiger partial charge in [0, 0.05) is 25.7 Å². The fraction of sp³-hybridized carbons (Fsp3) is 0.420. The summed E-state index contributed by atoms with van der Waals surface area (Å²) < 4.78 is 11.4. The van der Waals surface area contributed by atoms with Crippen LogP contribution in [0.1, 0.15) is 73.6 Å². The Morgan fingerprint density at radius 2 is 1.28 bits per heavy atom. The monoisotopic (exact) mass is 766 g/mol. The number of fused-ring (bicyclic) bond motifs is 1. The summed E-state index contributed by atoms with van der Waals surface area (Å²) in [5.74, 6) is 1.69. The van der Waals surface area contributed by atoms with Gasteiger partial charge >= 0.3 is 0 Å². The van der Waals surface area contributed by atoms with E-state index in [-0.39, 0.29) is 11.8 Å². The van der Waals surface area contributed by atoms with Gasteiger partial charge in [-0.3, -0.25) is 14.6 Å². The van der Waals surface area contributed by atoms with Crippen LogP contribution in [0.4, 0.5) is 0 Å². The third-order valence-corrected chi connectivity index (χ3v) is 12.8. The van der Waals surface area contributed by atoms with Crippen molar-refractivity contribution in [2.45, 2.75) is 75.9 Å². The van der Waals surface area contributed by atoms with E-state index in [0.29, 0.717) is 6.04 Å². The molecule has 2 fully saturated rings. The van der Waals surface area contributed by atoms with Gasteiger partial charge in [-0.2, -0.15) is 0 Å². The Labute approximate surface area is 340 Å². The summed E-state index contributed by atoms with van der Waals surface area (Å²) >= 11 is 0. The number of nitrogens with zero attached hydrogens (tertiary/aromatic N) is 3. The maximum absolute atomic E-state index is 13.5. The first kappa shape index (κ1) is 40.5. The van der Waals surface area contributed by atoms with Gasteiger partial charge in [-0.25, -0.2) is 0 Å². The molecular weight excluding hydrogens is 705 g/mol. The molecule has 1 atom stereocenters. The molecule has 7 heteroatoms. The molecule has 0 radical (unpaired) electrons. The van der Waals surface area contributed by atoms with Crippen molar-refractivity contribution in [3.63, 3.8) is 0 Å². The summed E-state index contributed by atoms with van der Waals surface area (Å²) in [6.45, 7) is 8.06. The summed E-state index contributed by atoms with van der Waals surface area (Å²) in [7, 11) is 3.49. The highest BCUT2D eigenvalue weighted by molar-refractivity contribution is 5.91. The van der Waals surface area contributed by atoms with Gasteiger partial charge in [-0.1, -0.05) is 122 Å². The lowest BCUT2D eigenvalue weighted by molar-refractivity contribution is -0.123. The van der Waals surface area contributed by atoms with Gasteiger partial charge < -0.3 is 20.1 Å². The lowest BCUT2D eigenvalue weighted by Gasteiger charge is -2.39. The predicted molar refractivity (Wildman–Crippen MR) is 233 cm³/mol. The Bertz CT molecular complexity index is 1950. The van der Waals surface area contributed by atoms with Crippen molar-refractivity contribution in [3.05, 3.63) is 144 Å². The van der Waals surface area contributed by atoms with E-state index < -0.39 is 5.41 Å². The SMILES string of the molecule is COc1cccc(OC)c1CN1CCC(N(CCCCCCCN2CC[C@@H](C(C(N)=O)(c3ccccc3)c3ccccc3)C2)Cc2ccc3ccccc3c2)CC1. The number of amides is 1. The van der Waals surface area contributed by atoms with Crippen molar-refractivity contribution in [2.24, 2.45) is 11.7 Å². The first-order valence-electron chi connectivity index (χ1n) is 21.3. The molecule has 2 saturated heterocycles. The molecule has 2 heterocycles. The molecule has 0 spiro atoms. The second-order valence-corrected chi connectivity index (χ2v) is 16.3. The van der Waals surface area contributed by atoms with Crippen molar-refractivity contribution in [1.82, 2.24) is 14.7 Å². The van der Waals surface area contributed by atoms with Gasteiger partial charge in [0.25, 0.3) is 0 Å². The molecule has 0 unspecified atom stereocenters. The van der Waals surface area contributed by atoms with Gasteiger partial charge in [0.05, 0.1) is 19.8 Å². The zero-order chi connectivity index (χ0) is 39.5. The number of rotatable bonds is 19. The quantitative estimate of drug-likeness (QED) is 0.0847.